The van der Waals surface area contributed by atoms with E-state index in [2.05, 4.69) is 5.32 Å². The molecular weight excluding hydrogens is 272 g/mol. The van der Waals surface area contributed by atoms with Gasteiger partial charge in [0, 0.05) is 27.2 Å². The predicted molar refractivity (Wildman–Crippen MR) is 79.5 cm³/mol. The third kappa shape index (κ3) is 5.93. The van der Waals surface area contributed by atoms with E-state index in [0.717, 1.165) is 5.56 Å². The van der Waals surface area contributed by atoms with E-state index in [4.69, 9.17) is 9.84 Å². The molecule has 0 radical (unpaired) electrons. The van der Waals surface area contributed by atoms with Gasteiger partial charge < -0.3 is 20.1 Å². The maximum absolute atomic E-state index is 11.9. The number of nitrogens with one attached hydrogen (secondary N) is 1. The molecule has 0 atom stereocenters. The van der Waals surface area contributed by atoms with Gasteiger partial charge in [-0.15, -0.1) is 0 Å². The summed E-state index contributed by atoms with van der Waals surface area (Å²) in [6, 6.07) is 6.85. The quantitative estimate of drug-likeness (QED) is 0.653. The number of carboxylic acid groups (broad SMARTS) is 1. The number of nitrogens with zero attached hydrogens (tertiary/aromatic N) is 1. The number of carboxylic acids is 1. The van der Waals surface area contributed by atoms with Gasteiger partial charge in [0.25, 0.3) is 0 Å². The molecule has 0 bridgehead atoms. The van der Waals surface area contributed by atoms with E-state index in [9.17, 15) is 9.59 Å². The number of methoxy groups -OCH3 is 1. The summed E-state index contributed by atoms with van der Waals surface area (Å²) >= 11 is 0. The van der Waals surface area contributed by atoms with Crippen molar-refractivity contribution in [2.24, 2.45) is 0 Å². The molecule has 0 aliphatic heterocycles. The SMILES string of the molecule is COCCNCC(=O)N(C)CCc1ccccc1C(=O)O. The fraction of sp³-hybridized carbons (Fsp3) is 0.467. The summed E-state index contributed by atoms with van der Waals surface area (Å²) in [5.41, 5.74) is 1.02. The van der Waals surface area contributed by atoms with Crippen molar-refractivity contribution in [2.75, 3.05) is 40.4 Å². The molecule has 0 saturated carbocycles. The molecule has 1 amide bonds. The molecule has 0 aromatic heterocycles. The van der Waals surface area contributed by atoms with Crippen LogP contribution in [-0.2, 0) is 16.0 Å². The summed E-state index contributed by atoms with van der Waals surface area (Å²) < 4.78 is 4.88. The van der Waals surface area contributed by atoms with Gasteiger partial charge in [-0.3, -0.25) is 4.79 Å². The highest BCUT2D eigenvalue weighted by Crippen LogP contribution is 2.10. The van der Waals surface area contributed by atoms with Crippen molar-refractivity contribution in [3.63, 3.8) is 0 Å². The fourth-order valence-electron chi connectivity index (χ4n) is 1.86. The summed E-state index contributed by atoms with van der Waals surface area (Å²) in [7, 11) is 3.32. The number of rotatable bonds is 9. The number of carbonyl (C=O) groups is 2. The molecule has 0 unspecified atom stereocenters. The third-order valence-corrected chi connectivity index (χ3v) is 3.15. The van der Waals surface area contributed by atoms with Gasteiger partial charge in [0.15, 0.2) is 0 Å². The second kappa shape index (κ2) is 9.10. The van der Waals surface area contributed by atoms with Gasteiger partial charge in [-0.2, -0.15) is 0 Å². The van der Waals surface area contributed by atoms with Crippen LogP contribution in [0.1, 0.15) is 15.9 Å². The molecule has 0 spiro atoms. The monoisotopic (exact) mass is 294 g/mol. The van der Waals surface area contributed by atoms with Crippen molar-refractivity contribution in [1.82, 2.24) is 10.2 Å². The molecule has 21 heavy (non-hydrogen) atoms. The second-order valence-electron chi connectivity index (χ2n) is 4.70. The lowest BCUT2D eigenvalue weighted by atomic mass is 10.0. The summed E-state index contributed by atoms with van der Waals surface area (Å²) in [5, 5.41) is 12.1. The fourth-order valence-corrected chi connectivity index (χ4v) is 1.86. The minimum atomic E-state index is -0.944. The molecule has 0 heterocycles. The molecule has 0 fully saturated rings. The maximum atomic E-state index is 11.9. The van der Waals surface area contributed by atoms with Crippen LogP contribution in [0.5, 0.6) is 0 Å². The van der Waals surface area contributed by atoms with E-state index in [1.54, 1.807) is 43.3 Å². The van der Waals surface area contributed by atoms with Crippen LogP contribution in [0.3, 0.4) is 0 Å². The molecular formula is C15H22N2O4. The summed E-state index contributed by atoms with van der Waals surface area (Å²) in [4.78, 5) is 24.5. The van der Waals surface area contributed by atoms with Crippen molar-refractivity contribution in [3.05, 3.63) is 35.4 Å². The van der Waals surface area contributed by atoms with Crippen molar-refractivity contribution in [2.45, 2.75) is 6.42 Å². The van der Waals surface area contributed by atoms with Gasteiger partial charge >= 0.3 is 5.97 Å². The standard InChI is InChI=1S/C15H22N2O4/c1-17(14(18)11-16-8-10-21-2)9-7-12-5-3-4-6-13(12)15(19)20/h3-6,16H,7-11H2,1-2H3,(H,19,20). The smallest absolute Gasteiger partial charge is 0.335 e. The normalized spacial score (nSPS) is 10.4. The van der Waals surface area contributed by atoms with Crippen LogP contribution in [0, 0.1) is 0 Å². The summed E-state index contributed by atoms with van der Waals surface area (Å²) in [6.07, 6.45) is 0.517. The Labute approximate surface area is 124 Å². The highest BCUT2D eigenvalue weighted by molar-refractivity contribution is 5.89. The largest absolute Gasteiger partial charge is 0.478 e. The predicted octanol–water partition coefficient (Wildman–Crippen LogP) is 0.622. The van der Waals surface area contributed by atoms with Gasteiger partial charge in [-0.25, -0.2) is 4.79 Å². The lowest BCUT2D eigenvalue weighted by Gasteiger charge is -2.18. The van der Waals surface area contributed by atoms with Crippen LogP contribution >= 0.6 is 0 Å². The topological polar surface area (TPSA) is 78.9 Å². The van der Waals surface area contributed by atoms with E-state index in [1.165, 1.54) is 0 Å². The first kappa shape index (κ1) is 17.1. The molecule has 6 heteroatoms. The third-order valence-electron chi connectivity index (χ3n) is 3.15. The Morgan fingerprint density at radius 2 is 2.05 bits per heavy atom. The summed E-state index contributed by atoms with van der Waals surface area (Å²) in [6.45, 7) is 1.91. The molecule has 1 rings (SSSR count). The van der Waals surface area contributed by atoms with Crippen molar-refractivity contribution >= 4 is 11.9 Å². The average Bonchev–Trinajstić information content (AvgIpc) is 2.49. The number of likely N-dealkylation sites (N-methyl/N-ethyl adjacent to an activating group) is 1. The van der Waals surface area contributed by atoms with Crippen molar-refractivity contribution in [1.29, 1.82) is 0 Å². The number of hydrogen-bond acceptors (Lipinski definition) is 4. The van der Waals surface area contributed by atoms with Crippen LogP contribution < -0.4 is 5.32 Å². The van der Waals surface area contributed by atoms with Crippen LogP contribution in [0.15, 0.2) is 24.3 Å². The molecule has 0 aliphatic carbocycles. The second-order valence-corrected chi connectivity index (χ2v) is 4.70. The maximum Gasteiger partial charge on any atom is 0.335 e. The average molecular weight is 294 g/mol. The molecule has 1 aromatic rings. The lowest BCUT2D eigenvalue weighted by Crippen LogP contribution is -2.37. The number of aromatic carboxylic acids is 1. The van der Waals surface area contributed by atoms with Gasteiger partial charge in [-0.05, 0) is 18.1 Å². The molecule has 116 valence electrons. The highest BCUT2D eigenvalue weighted by atomic mass is 16.5. The Morgan fingerprint density at radius 3 is 2.71 bits per heavy atom. The Morgan fingerprint density at radius 1 is 1.33 bits per heavy atom. The van der Waals surface area contributed by atoms with E-state index in [1.807, 2.05) is 0 Å². The molecule has 0 aliphatic rings. The van der Waals surface area contributed by atoms with Crippen LogP contribution in [0.4, 0.5) is 0 Å². The molecule has 1 aromatic carbocycles. The van der Waals surface area contributed by atoms with Gasteiger partial charge in [-0.1, -0.05) is 18.2 Å². The number of amides is 1. The minimum Gasteiger partial charge on any atom is -0.478 e. The van der Waals surface area contributed by atoms with Gasteiger partial charge in [0.05, 0.1) is 18.7 Å². The van der Waals surface area contributed by atoms with E-state index in [0.29, 0.717) is 26.1 Å². The summed E-state index contributed by atoms with van der Waals surface area (Å²) in [5.74, 6) is -0.972. The Hall–Kier alpha value is -1.92. The van der Waals surface area contributed by atoms with Gasteiger partial charge in [0.2, 0.25) is 5.91 Å². The Balaban J connectivity index is 2.44. The minimum absolute atomic E-state index is 0.0288. The zero-order valence-corrected chi connectivity index (χ0v) is 12.5. The van der Waals surface area contributed by atoms with Crippen molar-refractivity contribution < 1.29 is 19.4 Å². The van der Waals surface area contributed by atoms with E-state index >= 15 is 0 Å². The first-order valence-electron chi connectivity index (χ1n) is 6.81. The molecule has 6 nitrogen and oxygen atoms in total. The first-order chi connectivity index (χ1) is 10.1. The zero-order valence-electron chi connectivity index (χ0n) is 12.5. The number of carbonyl (C=O) groups excluding carboxylic acids is 1. The number of hydrogen-bond donors (Lipinski definition) is 2. The van der Waals surface area contributed by atoms with Crippen LogP contribution in [-0.4, -0.2) is 62.3 Å². The van der Waals surface area contributed by atoms with Crippen LogP contribution in [0.25, 0.3) is 0 Å². The molecule has 0 saturated heterocycles. The van der Waals surface area contributed by atoms with E-state index < -0.39 is 5.97 Å². The number of ether oxygens (including phenoxy) is 1. The van der Waals surface area contributed by atoms with Crippen LogP contribution in [0.2, 0.25) is 0 Å². The van der Waals surface area contributed by atoms with Crippen molar-refractivity contribution in [3.8, 4) is 0 Å². The van der Waals surface area contributed by atoms with E-state index in [-0.39, 0.29) is 18.0 Å². The zero-order chi connectivity index (χ0) is 15.7. The Bertz CT molecular complexity index is 476. The Kier molecular flexibility index (Phi) is 7.42. The highest BCUT2D eigenvalue weighted by Gasteiger charge is 2.12. The first-order valence-corrected chi connectivity index (χ1v) is 6.81. The van der Waals surface area contributed by atoms with Gasteiger partial charge in [0.1, 0.15) is 0 Å². The number of benzene rings is 1. The lowest BCUT2D eigenvalue weighted by molar-refractivity contribution is -0.128. The molecule has 2 N–H and O–H groups in total.